The van der Waals surface area contributed by atoms with Crippen molar-refractivity contribution in [1.29, 1.82) is 0 Å². The largest absolute Gasteiger partial charge is 0.165 e. The molecule has 0 atom stereocenters. The van der Waals surface area contributed by atoms with Crippen LogP contribution in [-0.2, 0) is 32.0 Å². The molecule has 1 aliphatic rings. The van der Waals surface area contributed by atoms with Crippen LogP contribution < -0.4 is 0 Å². The van der Waals surface area contributed by atoms with E-state index < -0.39 is 0 Å². The quantitative estimate of drug-likeness (QED) is 0.388. The van der Waals surface area contributed by atoms with Gasteiger partial charge in [-0.05, 0) is 19.3 Å². The molecule has 1 nitrogen and oxygen atoms in total. The number of benzene rings is 1. The fraction of sp³-hybridized carbons (Fsp3) is 0.571. The Hall–Kier alpha value is -0.279. The molecule has 0 saturated heterocycles. The van der Waals surface area contributed by atoms with E-state index in [4.69, 9.17) is 5.73 Å². The van der Waals surface area contributed by atoms with Gasteiger partial charge in [0.25, 0.3) is 0 Å². The summed E-state index contributed by atoms with van der Waals surface area (Å²) in [6, 6.07) is 9.33. The maximum atomic E-state index is 6.94. The van der Waals surface area contributed by atoms with Crippen molar-refractivity contribution in [1.82, 2.24) is 0 Å². The fourth-order valence-corrected chi connectivity index (χ4v) is 2.44. The van der Waals surface area contributed by atoms with Crippen molar-refractivity contribution in [2.24, 2.45) is 0 Å². The first-order valence-corrected chi connectivity index (χ1v) is 13.4. The van der Waals surface area contributed by atoms with Gasteiger partial charge in [-0.15, -0.1) is 40.1 Å². The Labute approximate surface area is 161 Å². The summed E-state index contributed by atoms with van der Waals surface area (Å²) in [5.74, 6) is 0. The Morgan fingerprint density at radius 2 is 1.58 bits per heavy atom. The number of nitrogens with one attached hydrogen (secondary N) is 1. The summed E-state index contributed by atoms with van der Waals surface area (Å²) in [6.07, 6.45) is 3.97. The number of hydrogen-bond acceptors (Lipinski definition) is 0. The number of hydrogen-bond donors (Lipinski definition) is 0. The van der Waals surface area contributed by atoms with E-state index in [2.05, 4.69) is 70.8 Å². The predicted octanol–water partition coefficient (Wildman–Crippen LogP) is 6.76. The molecule has 0 radical (unpaired) electrons. The monoisotopic (exact) mass is 375 g/mol. The van der Waals surface area contributed by atoms with Crippen LogP contribution in [0.25, 0.3) is 16.5 Å². The zero-order valence-corrected chi connectivity index (χ0v) is 19.1. The first-order chi connectivity index (χ1) is 11.0. The van der Waals surface area contributed by atoms with Crippen molar-refractivity contribution in [2.45, 2.75) is 78.4 Å². The van der Waals surface area contributed by atoms with E-state index in [1.165, 1.54) is 35.6 Å². The van der Waals surface area contributed by atoms with Crippen molar-refractivity contribution in [3.05, 3.63) is 46.7 Å². The van der Waals surface area contributed by atoms with E-state index >= 15 is 0 Å². The van der Waals surface area contributed by atoms with Gasteiger partial charge in [-0.25, -0.2) is 0 Å². The summed E-state index contributed by atoms with van der Waals surface area (Å²) in [7, 11) is 0. The van der Waals surface area contributed by atoms with Crippen molar-refractivity contribution in [3.8, 4) is 0 Å². The van der Waals surface area contributed by atoms with Gasteiger partial charge in [0.2, 0.25) is 0 Å². The topological polar surface area (TPSA) is 23.8 Å². The molecular weight excluding hydrogens is 342 g/mol. The maximum Gasteiger partial charge on any atom is -0.0289 e. The maximum absolute atomic E-state index is 6.94. The van der Waals surface area contributed by atoms with E-state index in [1.54, 1.807) is 11.1 Å². The van der Waals surface area contributed by atoms with E-state index in [9.17, 15) is 0 Å². The summed E-state index contributed by atoms with van der Waals surface area (Å²) >= 11 is 2.34. The first kappa shape index (κ1) is 21.8. The molecule has 2 aromatic rings. The van der Waals surface area contributed by atoms with Crippen molar-refractivity contribution < 1.29 is 19.2 Å². The van der Waals surface area contributed by atoms with Crippen LogP contribution >= 0.6 is 0 Å². The van der Waals surface area contributed by atoms with Gasteiger partial charge in [0.1, 0.15) is 0 Å². The second-order valence-electron chi connectivity index (χ2n) is 8.22. The summed E-state index contributed by atoms with van der Waals surface area (Å²) in [4.78, 5) is 0. The number of rotatable bonds is 1. The second kappa shape index (κ2) is 9.43. The average Bonchev–Trinajstić information content (AvgIpc) is 2.98. The third-order valence-electron chi connectivity index (χ3n) is 3.93. The Morgan fingerprint density at radius 1 is 1.12 bits per heavy atom. The zero-order valence-electron chi connectivity index (χ0n) is 16.5. The SMILES string of the molecule is CC(C)(C)[NH-].CC(C)[Si](C)=[Ti+2].Cc1cc2cc3c(cc2[cH-]1)CCC3. The van der Waals surface area contributed by atoms with Crippen molar-refractivity contribution in [3.63, 3.8) is 0 Å². The van der Waals surface area contributed by atoms with Crippen LogP contribution in [0.2, 0.25) is 12.1 Å². The van der Waals surface area contributed by atoms with Gasteiger partial charge in [-0.2, -0.15) is 6.07 Å². The molecule has 0 spiro atoms. The summed E-state index contributed by atoms with van der Waals surface area (Å²) in [5, 5.41) is 2.86. The average molecular weight is 375 g/mol. The minimum absolute atomic E-state index is 0.0484. The first-order valence-electron chi connectivity index (χ1n) is 8.96. The Balaban J connectivity index is 0.000000222. The molecule has 0 heterocycles. The van der Waals surface area contributed by atoms with Crippen LogP contribution in [0.5, 0.6) is 0 Å². The molecule has 1 aliphatic carbocycles. The summed E-state index contributed by atoms with van der Waals surface area (Å²) < 4.78 is 0. The second-order valence-corrected chi connectivity index (χ2v) is 14.4. The van der Waals surface area contributed by atoms with Crippen LogP contribution in [0.3, 0.4) is 0 Å². The van der Waals surface area contributed by atoms with E-state index in [-0.39, 0.29) is 11.7 Å². The molecule has 3 heteroatoms. The van der Waals surface area contributed by atoms with E-state index in [1.807, 2.05) is 20.8 Å². The van der Waals surface area contributed by atoms with Crippen molar-refractivity contribution in [2.75, 3.05) is 0 Å². The van der Waals surface area contributed by atoms with Gasteiger partial charge in [0.15, 0.2) is 0 Å². The molecule has 0 fully saturated rings. The van der Waals surface area contributed by atoms with Crippen LogP contribution in [0.15, 0.2) is 24.3 Å². The zero-order chi connectivity index (χ0) is 18.5. The third-order valence-corrected chi connectivity index (χ3v) is 8.37. The number of aryl methyl sites for hydroxylation is 3. The normalized spacial score (nSPS) is 13.1. The molecule has 0 aliphatic heterocycles. The van der Waals surface area contributed by atoms with E-state index in [0.29, 0.717) is 0 Å². The van der Waals surface area contributed by atoms with Gasteiger partial charge < -0.3 is 5.73 Å². The van der Waals surface area contributed by atoms with Crippen LogP contribution in [0, 0.1) is 6.92 Å². The van der Waals surface area contributed by atoms with Gasteiger partial charge in [-0.3, -0.25) is 0 Å². The standard InChI is InChI=1S/C13H13.C4H10N.C4H10Si.Ti/c1-9-5-12-7-10-3-2-4-11(10)8-13(12)6-9;1-4(2,3)5;1-4(2)5-3;/h5-8H,2-4H2,1H3;5H,1-3H3;4H,1-3H3;/q2*-1;;+2. The smallest absolute Gasteiger partial charge is 0.0289 e. The molecule has 130 valence electrons. The van der Waals surface area contributed by atoms with Gasteiger partial charge >= 0.3 is 51.3 Å². The Bertz CT molecular complexity index is 630. The van der Waals surface area contributed by atoms with Gasteiger partial charge in [0.05, 0.1) is 0 Å². The molecular formula is C21H33NSiTi. The fourth-order valence-electron chi connectivity index (χ4n) is 2.44. The minimum atomic E-state index is -0.250. The molecule has 24 heavy (non-hydrogen) atoms. The van der Waals surface area contributed by atoms with Gasteiger partial charge in [0, 0.05) is 0 Å². The van der Waals surface area contributed by atoms with Crippen LogP contribution in [0.4, 0.5) is 0 Å². The van der Waals surface area contributed by atoms with Gasteiger partial charge in [-0.1, -0.05) is 38.8 Å². The molecule has 1 N–H and O–H groups in total. The third kappa shape index (κ3) is 8.20. The molecule has 2 aromatic carbocycles. The van der Waals surface area contributed by atoms with E-state index in [0.717, 1.165) is 5.54 Å². The molecule has 0 aromatic heterocycles. The summed E-state index contributed by atoms with van der Waals surface area (Å²) in [6.45, 7) is 14.6. The van der Waals surface area contributed by atoms with Crippen LogP contribution in [-0.4, -0.2) is 11.7 Å². The van der Waals surface area contributed by atoms with Crippen molar-refractivity contribution >= 4 is 17.0 Å². The molecule has 0 unspecified atom stereocenters. The molecule has 0 saturated carbocycles. The molecule has 0 amide bonds. The molecule has 3 rings (SSSR count). The minimum Gasteiger partial charge on any atom is -0.165 e. The van der Waals surface area contributed by atoms with Crippen LogP contribution in [0.1, 0.15) is 57.7 Å². The Morgan fingerprint density at radius 3 is 2.04 bits per heavy atom. The molecule has 0 bridgehead atoms. The number of fused-ring (bicyclic) bond motifs is 2. The predicted molar refractivity (Wildman–Crippen MR) is 107 cm³/mol. The Kier molecular flexibility index (Phi) is 8.55. The summed E-state index contributed by atoms with van der Waals surface area (Å²) in [5.41, 5.74) is 12.2.